The Balaban J connectivity index is 2.00. The molecule has 2 aromatic heterocycles. The number of ether oxygens (including phenoxy) is 1. The first-order chi connectivity index (χ1) is 10.5. The van der Waals surface area contributed by atoms with Crippen LogP contribution in [0.4, 0.5) is 0 Å². The van der Waals surface area contributed by atoms with Crippen LogP contribution in [0.3, 0.4) is 0 Å². The maximum Gasteiger partial charge on any atom is 0.224 e. The molecule has 6 nitrogen and oxygen atoms in total. The minimum atomic E-state index is 0.0615. The van der Waals surface area contributed by atoms with Crippen LogP contribution in [-0.2, 0) is 0 Å². The largest absolute Gasteiger partial charge is 0.504 e. The maximum atomic E-state index is 9.79. The number of nitrogens with zero attached hydrogens (tertiary/aromatic N) is 4. The van der Waals surface area contributed by atoms with Crippen molar-refractivity contribution in [1.29, 1.82) is 0 Å². The number of benzene rings is 1. The lowest BCUT2D eigenvalue weighted by Gasteiger charge is -2.09. The lowest BCUT2D eigenvalue weighted by molar-refractivity contribution is 0.401. The van der Waals surface area contributed by atoms with Gasteiger partial charge in [0.15, 0.2) is 17.3 Å². The predicted octanol–water partition coefficient (Wildman–Crippen LogP) is 3.09. The Morgan fingerprint density at radius 2 is 1.82 bits per heavy atom. The number of phenols is 1. The molecule has 22 heavy (non-hydrogen) atoms. The van der Waals surface area contributed by atoms with Crippen molar-refractivity contribution in [3.05, 3.63) is 53.6 Å². The lowest BCUT2D eigenvalue weighted by Crippen LogP contribution is -2.05. The summed E-state index contributed by atoms with van der Waals surface area (Å²) in [7, 11) is 0. The smallest absolute Gasteiger partial charge is 0.224 e. The van der Waals surface area contributed by atoms with Gasteiger partial charge in [-0.3, -0.25) is 0 Å². The van der Waals surface area contributed by atoms with Gasteiger partial charge < -0.3 is 9.84 Å². The van der Waals surface area contributed by atoms with Crippen LogP contribution >= 0.6 is 0 Å². The third-order valence-corrected chi connectivity index (χ3v) is 3.11. The lowest BCUT2D eigenvalue weighted by atomic mass is 10.3. The topological polar surface area (TPSA) is 73.1 Å². The number of hydrogen-bond donors (Lipinski definition) is 1. The van der Waals surface area contributed by atoms with Gasteiger partial charge in [0.05, 0.1) is 5.69 Å². The Morgan fingerprint density at radius 3 is 2.50 bits per heavy atom. The summed E-state index contributed by atoms with van der Waals surface area (Å²) in [5, 5.41) is 14.2. The summed E-state index contributed by atoms with van der Waals surface area (Å²) in [4.78, 5) is 8.64. The molecule has 1 aromatic carbocycles. The number of phenolic OH excluding ortho intramolecular Hbond substituents is 1. The molecule has 0 amide bonds. The van der Waals surface area contributed by atoms with Crippen molar-refractivity contribution in [2.24, 2.45) is 0 Å². The molecule has 1 N–H and O–H groups in total. The number of para-hydroxylation sites is 2. The first-order valence-corrected chi connectivity index (χ1v) is 6.88. The van der Waals surface area contributed by atoms with Gasteiger partial charge in [-0.2, -0.15) is 10.1 Å². The molecule has 0 saturated carbocycles. The van der Waals surface area contributed by atoms with Crippen LogP contribution < -0.4 is 4.74 Å². The van der Waals surface area contributed by atoms with E-state index >= 15 is 0 Å². The zero-order chi connectivity index (χ0) is 15.7. The van der Waals surface area contributed by atoms with Crippen LogP contribution in [0.25, 0.3) is 5.82 Å². The fourth-order valence-electron chi connectivity index (χ4n) is 2.20. The number of aromatic hydroxyl groups is 1. The maximum absolute atomic E-state index is 9.79. The summed E-state index contributed by atoms with van der Waals surface area (Å²) < 4.78 is 7.39. The van der Waals surface area contributed by atoms with Crippen LogP contribution in [0, 0.1) is 20.8 Å². The number of aromatic nitrogens is 4. The second kappa shape index (κ2) is 5.48. The van der Waals surface area contributed by atoms with Crippen molar-refractivity contribution < 1.29 is 9.84 Å². The van der Waals surface area contributed by atoms with E-state index in [9.17, 15) is 5.11 Å². The molecular formula is C16H16N4O2. The van der Waals surface area contributed by atoms with Gasteiger partial charge in [-0.15, -0.1) is 0 Å². The van der Waals surface area contributed by atoms with Crippen molar-refractivity contribution >= 4 is 0 Å². The Bertz CT molecular complexity index is 827. The first-order valence-electron chi connectivity index (χ1n) is 6.88. The van der Waals surface area contributed by atoms with Crippen LogP contribution in [-0.4, -0.2) is 24.9 Å². The van der Waals surface area contributed by atoms with Gasteiger partial charge in [0.2, 0.25) is 5.88 Å². The highest BCUT2D eigenvalue weighted by molar-refractivity contribution is 5.41. The molecule has 0 radical (unpaired) electrons. The second-order valence-electron chi connectivity index (χ2n) is 5.02. The highest BCUT2D eigenvalue weighted by Gasteiger charge is 2.11. The Morgan fingerprint density at radius 1 is 1.05 bits per heavy atom. The molecule has 0 atom stereocenters. The highest BCUT2D eigenvalue weighted by atomic mass is 16.5. The van der Waals surface area contributed by atoms with E-state index in [-0.39, 0.29) is 5.75 Å². The molecule has 0 spiro atoms. The molecule has 3 aromatic rings. The van der Waals surface area contributed by atoms with E-state index in [1.165, 1.54) is 0 Å². The van der Waals surface area contributed by atoms with Gasteiger partial charge in [-0.05, 0) is 39.0 Å². The molecule has 0 saturated heterocycles. The third kappa shape index (κ3) is 2.76. The average molecular weight is 296 g/mol. The van der Waals surface area contributed by atoms with Gasteiger partial charge >= 0.3 is 0 Å². The normalized spacial score (nSPS) is 10.7. The first kappa shape index (κ1) is 14.1. The zero-order valence-electron chi connectivity index (χ0n) is 12.6. The zero-order valence-corrected chi connectivity index (χ0v) is 12.6. The van der Waals surface area contributed by atoms with Gasteiger partial charge in [0, 0.05) is 11.8 Å². The molecule has 0 unspecified atom stereocenters. The van der Waals surface area contributed by atoms with Crippen LogP contribution in [0.1, 0.15) is 17.2 Å². The van der Waals surface area contributed by atoms with E-state index in [4.69, 9.17) is 4.74 Å². The molecule has 0 aliphatic rings. The SMILES string of the molecule is Cc1cc(C)n(-c2cc(Oc3ccccc3O)nc(C)n2)n1. The summed E-state index contributed by atoms with van der Waals surface area (Å²) in [5.74, 6) is 1.96. The molecule has 0 bridgehead atoms. The molecule has 6 heteroatoms. The van der Waals surface area contributed by atoms with Crippen LogP contribution in [0.2, 0.25) is 0 Å². The van der Waals surface area contributed by atoms with Crippen molar-refractivity contribution in [1.82, 2.24) is 19.7 Å². The van der Waals surface area contributed by atoms with E-state index in [2.05, 4.69) is 15.1 Å². The van der Waals surface area contributed by atoms with Gasteiger partial charge in [0.1, 0.15) is 5.82 Å². The average Bonchev–Trinajstić information content (AvgIpc) is 2.80. The van der Waals surface area contributed by atoms with Crippen molar-refractivity contribution in [2.75, 3.05) is 0 Å². The molecule has 0 fully saturated rings. The summed E-state index contributed by atoms with van der Waals surface area (Å²) in [6.07, 6.45) is 0. The second-order valence-corrected chi connectivity index (χ2v) is 5.02. The summed E-state index contributed by atoms with van der Waals surface area (Å²) in [6.45, 7) is 5.67. The van der Waals surface area contributed by atoms with Gasteiger partial charge in [0.25, 0.3) is 0 Å². The Kier molecular flexibility index (Phi) is 3.50. The van der Waals surface area contributed by atoms with Crippen molar-refractivity contribution in [3.63, 3.8) is 0 Å². The minimum absolute atomic E-state index is 0.0615. The summed E-state index contributed by atoms with van der Waals surface area (Å²) >= 11 is 0. The predicted molar refractivity (Wildman–Crippen MR) is 81.5 cm³/mol. The van der Waals surface area contributed by atoms with E-state index in [0.29, 0.717) is 23.3 Å². The fourth-order valence-corrected chi connectivity index (χ4v) is 2.20. The van der Waals surface area contributed by atoms with Crippen molar-refractivity contribution in [3.8, 4) is 23.2 Å². The van der Waals surface area contributed by atoms with E-state index in [1.807, 2.05) is 19.9 Å². The molecule has 3 rings (SSSR count). The molecular weight excluding hydrogens is 280 g/mol. The highest BCUT2D eigenvalue weighted by Crippen LogP contribution is 2.29. The van der Waals surface area contributed by atoms with E-state index in [0.717, 1.165) is 11.4 Å². The molecule has 112 valence electrons. The van der Waals surface area contributed by atoms with Gasteiger partial charge in [-0.25, -0.2) is 9.67 Å². The number of rotatable bonds is 3. The summed E-state index contributed by atoms with van der Waals surface area (Å²) in [5.41, 5.74) is 1.89. The molecule has 2 heterocycles. The van der Waals surface area contributed by atoms with E-state index < -0.39 is 0 Å². The monoisotopic (exact) mass is 296 g/mol. The molecule has 0 aliphatic carbocycles. The van der Waals surface area contributed by atoms with Gasteiger partial charge in [-0.1, -0.05) is 12.1 Å². The van der Waals surface area contributed by atoms with E-state index in [1.54, 1.807) is 41.9 Å². The van der Waals surface area contributed by atoms with Crippen LogP contribution in [0.5, 0.6) is 17.4 Å². The standard InChI is InChI=1S/C16H16N4O2/c1-10-8-11(2)20(19-10)15-9-16(18-12(3)17-15)22-14-7-5-4-6-13(14)21/h4-9,21H,1-3H3. The Hall–Kier alpha value is -2.89. The fraction of sp³-hybridized carbons (Fsp3) is 0.188. The third-order valence-electron chi connectivity index (χ3n) is 3.11. The minimum Gasteiger partial charge on any atom is -0.504 e. The van der Waals surface area contributed by atoms with Crippen molar-refractivity contribution in [2.45, 2.75) is 20.8 Å². The Labute approximate surface area is 128 Å². The van der Waals surface area contributed by atoms with Crippen LogP contribution in [0.15, 0.2) is 36.4 Å². The quantitative estimate of drug-likeness (QED) is 0.804. The summed E-state index contributed by atoms with van der Waals surface area (Å²) in [6, 6.07) is 10.4. The number of aryl methyl sites for hydroxylation is 3. The number of hydrogen-bond acceptors (Lipinski definition) is 5. The molecule has 0 aliphatic heterocycles.